The molecule has 3 aromatic rings. The Morgan fingerprint density at radius 1 is 1.28 bits per heavy atom. The third kappa shape index (κ3) is 3.64. The molecule has 0 spiro atoms. The van der Waals surface area contributed by atoms with Gasteiger partial charge in [0.15, 0.2) is 0 Å². The van der Waals surface area contributed by atoms with Crippen molar-refractivity contribution in [3.05, 3.63) is 76.9 Å². The topological polar surface area (TPSA) is 51.0 Å². The van der Waals surface area contributed by atoms with Crippen LogP contribution in [0.25, 0.3) is 5.82 Å². The third-order valence-electron chi connectivity index (χ3n) is 4.25. The maximum Gasteiger partial charge on any atom is 0.255 e. The lowest BCUT2D eigenvalue weighted by atomic mass is 10.2. The van der Waals surface area contributed by atoms with Crippen LogP contribution in [-0.4, -0.2) is 31.4 Å². The van der Waals surface area contributed by atoms with E-state index in [0.717, 1.165) is 28.7 Å². The van der Waals surface area contributed by atoms with Crippen LogP contribution in [0.4, 0.5) is 0 Å². The van der Waals surface area contributed by atoms with Crippen molar-refractivity contribution < 1.29 is 4.79 Å². The Morgan fingerprint density at radius 3 is 2.80 bits per heavy atom. The minimum atomic E-state index is 0.0344. The van der Waals surface area contributed by atoms with Crippen molar-refractivity contribution in [2.24, 2.45) is 0 Å². The summed E-state index contributed by atoms with van der Waals surface area (Å²) < 4.78 is 2.84. The lowest BCUT2D eigenvalue weighted by Gasteiger charge is -2.22. The first-order valence-corrected chi connectivity index (χ1v) is 9.00. The maximum absolute atomic E-state index is 13.0. The van der Waals surface area contributed by atoms with E-state index < -0.39 is 0 Å². The molecule has 0 unspecified atom stereocenters. The summed E-state index contributed by atoms with van der Waals surface area (Å²) in [4.78, 5) is 23.3. The van der Waals surface area contributed by atoms with Crippen molar-refractivity contribution in [1.82, 2.24) is 19.4 Å². The Labute approximate surface area is 154 Å². The Hall–Kier alpha value is -2.47. The molecular weight excluding hydrogens is 380 g/mol. The number of carbonyl (C=O) groups excluding carboxylic acids is 1. The summed E-state index contributed by atoms with van der Waals surface area (Å²) >= 11 is 3.49. The summed E-state index contributed by atoms with van der Waals surface area (Å²) in [5, 5.41) is 0. The number of rotatable bonds is 5. The Bertz CT molecular complexity index is 873. The molecule has 0 aliphatic heterocycles. The quantitative estimate of drug-likeness (QED) is 0.658. The van der Waals surface area contributed by atoms with Crippen LogP contribution in [0.3, 0.4) is 0 Å². The minimum Gasteiger partial charge on any atom is -0.331 e. The Morgan fingerprint density at radius 2 is 2.16 bits per heavy atom. The lowest BCUT2D eigenvalue weighted by Crippen LogP contribution is -2.32. The molecule has 0 atom stereocenters. The number of nitrogens with zero attached hydrogens (tertiary/aromatic N) is 4. The van der Waals surface area contributed by atoms with Crippen LogP contribution in [-0.2, 0) is 6.54 Å². The number of hydrogen-bond donors (Lipinski definition) is 0. The van der Waals surface area contributed by atoms with Crippen molar-refractivity contribution >= 4 is 21.8 Å². The molecule has 6 heteroatoms. The van der Waals surface area contributed by atoms with E-state index in [9.17, 15) is 4.79 Å². The highest BCUT2D eigenvalue weighted by atomic mass is 79.9. The van der Waals surface area contributed by atoms with E-state index in [1.807, 2.05) is 46.0 Å². The summed E-state index contributed by atoms with van der Waals surface area (Å²) in [5.74, 6) is 0.783. The molecule has 1 aromatic carbocycles. The summed E-state index contributed by atoms with van der Waals surface area (Å²) in [6.07, 6.45) is 9.00. The molecule has 0 N–H and O–H groups in total. The monoisotopic (exact) mass is 396 g/mol. The normalized spacial score (nSPS) is 13.6. The van der Waals surface area contributed by atoms with Gasteiger partial charge in [0.1, 0.15) is 12.1 Å². The molecule has 0 saturated heterocycles. The fourth-order valence-electron chi connectivity index (χ4n) is 2.81. The Balaban J connectivity index is 1.54. The van der Waals surface area contributed by atoms with E-state index >= 15 is 0 Å². The standard InChI is InChI=1S/C19H17BrN4O/c20-16-3-1-2-14(10-16)12-24(17-5-6-17)19(25)15-4-7-18(22-11-15)23-9-8-21-13-23/h1-4,7-11,13,17H,5-6,12H2. The van der Waals surface area contributed by atoms with Gasteiger partial charge in [-0.3, -0.25) is 9.36 Å². The number of carbonyl (C=O) groups is 1. The van der Waals surface area contributed by atoms with Crippen molar-refractivity contribution in [3.63, 3.8) is 0 Å². The van der Waals surface area contributed by atoms with Crippen molar-refractivity contribution in [3.8, 4) is 5.82 Å². The molecule has 0 radical (unpaired) electrons. The fraction of sp³-hybridized carbons (Fsp3) is 0.211. The smallest absolute Gasteiger partial charge is 0.255 e. The van der Waals surface area contributed by atoms with Crippen molar-refractivity contribution in [2.45, 2.75) is 25.4 Å². The van der Waals surface area contributed by atoms with Crippen LogP contribution in [0.2, 0.25) is 0 Å². The number of aromatic nitrogens is 3. The van der Waals surface area contributed by atoms with E-state index in [4.69, 9.17) is 0 Å². The Kier molecular flexibility index (Phi) is 4.36. The molecule has 1 saturated carbocycles. The number of halogens is 1. The minimum absolute atomic E-state index is 0.0344. The molecular formula is C19H17BrN4O. The highest BCUT2D eigenvalue weighted by Gasteiger charge is 2.33. The summed E-state index contributed by atoms with van der Waals surface area (Å²) in [7, 11) is 0. The molecule has 25 heavy (non-hydrogen) atoms. The predicted molar refractivity (Wildman–Crippen MR) is 98.4 cm³/mol. The summed E-state index contributed by atoms with van der Waals surface area (Å²) in [6.45, 7) is 0.617. The average molecular weight is 397 g/mol. The highest BCUT2D eigenvalue weighted by Crippen LogP contribution is 2.30. The van der Waals surface area contributed by atoms with Gasteiger partial charge in [-0.1, -0.05) is 28.1 Å². The zero-order valence-electron chi connectivity index (χ0n) is 13.5. The fourth-order valence-corrected chi connectivity index (χ4v) is 3.26. The van der Waals surface area contributed by atoms with E-state index in [0.29, 0.717) is 18.2 Å². The van der Waals surface area contributed by atoms with E-state index in [1.165, 1.54) is 0 Å². The SMILES string of the molecule is O=C(c1ccc(-n2ccnc2)nc1)N(Cc1cccc(Br)c1)C1CC1. The molecule has 0 bridgehead atoms. The molecule has 1 amide bonds. The van der Waals surface area contributed by atoms with Crippen LogP contribution in [0.5, 0.6) is 0 Å². The van der Waals surface area contributed by atoms with Crippen LogP contribution < -0.4 is 0 Å². The molecule has 1 aliphatic rings. The molecule has 2 aromatic heterocycles. The largest absolute Gasteiger partial charge is 0.331 e. The van der Waals surface area contributed by atoms with Gasteiger partial charge >= 0.3 is 0 Å². The molecule has 1 fully saturated rings. The average Bonchev–Trinajstić information content (AvgIpc) is 3.32. The van der Waals surface area contributed by atoms with Gasteiger partial charge in [0.05, 0.1) is 5.56 Å². The van der Waals surface area contributed by atoms with Crippen LogP contribution >= 0.6 is 15.9 Å². The molecule has 126 valence electrons. The second-order valence-electron chi connectivity index (χ2n) is 6.17. The van der Waals surface area contributed by atoms with Crippen molar-refractivity contribution in [2.75, 3.05) is 0 Å². The van der Waals surface area contributed by atoms with E-state index in [-0.39, 0.29) is 5.91 Å². The van der Waals surface area contributed by atoms with Gasteiger partial charge in [-0.05, 0) is 42.7 Å². The van der Waals surface area contributed by atoms with E-state index in [1.54, 1.807) is 18.7 Å². The zero-order valence-corrected chi connectivity index (χ0v) is 15.1. The number of amides is 1. The number of benzene rings is 1. The van der Waals surface area contributed by atoms with Gasteiger partial charge in [-0.2, -0.15) is 0 Å². The predicted octanol–water partition coefficient (Wildman–Crippen LogP) is 3.83. The van der Waals surface area contributed by atoms with E-state index in [2.05, 4.69) is 32.0 Å². The number of hydrogen-bond acceptors (Lipinski definition) is 3. The van der Waals surface area contributed by atoms with Crippen LogP contribution in [0.1, 0.15) is 28.8 Å². The van der Waals surface area contributed by atoms with Gasteiger partial charge in [0, 0.05) is 35.6 Å². The summed E-state index contributed by atoms with van der Waals surface area (Å²) in [5.41, 5.74) is 1.74. The zero-order chi connectivity index (χ0) is 17.2. The van der Waals surface area contributed by atoms with Crippen LogP contribution in [0, 0.1) is 0 Å². The van der Waals surface area contributed by atoms with Gasteiger partial charge in [-0.25, -0.2) is 9.97 Å². The molecule has 4 rings (SSSR count). The van der Waals surface area contributed by atoms with Crippen LogP contribution in [0.15, 0.2) is 65.8 Å². The van der Waals surface area contributed by atoms with Gasteiger partial charge in [0.25, 0.3) is 5.91 Å². The number of pyridine rings is 1. The second-order valence-corrected chi connectivity index (χ2v) is 7.08. The molecule has 5 nitrogen and oxygen atoms in total. The lowest BCUT2D eigenvalue weighted by molar-refractivity contribution is 0.0729. The van der Waals surface area contributed by atoms with Gasteiger partial charge < -0.3 is 4.90 Å². The van der Waals surface area contributed by atoms with Gasteiger partial charge in [0.2, 0.25) is 0 Å². The first kappa shape index (κ1) is 16.0. The maximum atomic E-state index is 13.0. The first-order valence-electron chi connectivity index (χ1n) is 8.20. The van der Waals surface area contributed by atoms with Crippen molar-refractivity contribution in [1.29, 1.82) is 0 Å². The first-order chi connectivity index (χ1) is 12.2. The molecule has 2 heterocycles. The highest BCUT2D eigenvalue weighted by molar-refractivity contribution is 9.10. The van der Waals surface area contributed by atoms with Gasteiger partial charge in [-0.15, -0.1) is 0 Å². The molecule has 1 aliphatic carbocycles. The number of imidazole rings is 1. The summed E-state index contributed by atoms with van der Waals surface area (Å²) in [6, 6.07) is 12.1. The second kappa shape index (κ2) is 6.80. The third-order valence-corrected chi connectivity index (χ3v) is 4.75.